The Morgan fingerprint density at radius 3 is 2.34 bits per heavy atom. The van der Waals surface area contributed by atoms with Crippen LogP contribution in [0.15, 0.2) is 102 Å². The Kier molecular flexibility index (Phi) is 7.78. The SMILES string of the molecule is COc1cc2ccc(Br)cc2cc1[C@@H](c1ccc(Cl)cc1)[C@](O)(CCN(C)C)c1cccc2ccccc12. The van der Waals surface area contributed by atoms with E-state index in [0.717, 1.165) is 48.5 Å². The quantitative estimate of drug-likeness (QED) is 0.198. The highest BCUT2D eigenvalue weighted by Gasteiger charge is 2.42. The van der Waals surface area contributed by atoms with Crippen molar-refractivity contribution in [2.24, 2.45) is 0 Å². The third-order valence-corrected chi connectivity index (χ3v) is 8.08. The number of ether oxygens (including phenoxy) is 1. The van der Waals surface area contributed by atoms with Crippen molar-refractivity contribution in [2.75, 3.05) is 27.7 Å². The van der Waals surface area contributed by atoms with Crippen LogP contribution in [0, 0.1) is 0 Å². The van der Waals surface area contributed by atoms with Gasteiger partial charge in [0.15, 0.2) is 0 Å². The van der Waals surface area contributed by atoms with Crippen LogP contribution in [0.1, 0.15) is 29.0 Å². The third kappa shape index (κ3) is 5.19. The fraction of sp³-hybridized carbons (Fsp3) is 0.212. The van der Waals surface area contributed by atoms with E-state index in [0.29, 0.717) is 18.0 Å². The summed E-state index contributed by atoms with van der Waals surface area (Å²) in [6, 6.07) is 32.7. The first-order valence-electron chi connectivity index (χ1n) is 12.7. The van der Waals surface area contributed by atoms with E-state index in [2.05, 4.69) is 69.4 Å². The third-order valence-electron chi connectivity index (χ3n) is 7.34. The van der Waals surface area contributed by atoms with Gasteiger partial charge in [-0.25, -0.2) is 0 Å². The Morgan fingerprint density at radius 2 is 1.61 bits per heavy atom. The van der Waals surface area contributed by atoms with Crippen LogP contribution >= 0.6 is 27.5 Å². The minimum atomic E-state index is -1.26. The minimum absolute atomic E-state index is 0.427. The smallest absolute Gasteiger partial charge is 0.123 e. The van der Waals surface area contributed by atoms with Gasteiger partial charge in [-0.05, 0) is 89.6 Å². The summed E-state index contributed by atoms with van der Waals surface area (Å²) in [5.74, 6) is 0.312. The molecule has 0 aliphatic heterocycles. The second-order valence-electron chi connectivity index (χ2n) is 10.1. The number of fused-ring (bicyclic) bond motifs is 2. The van der Waals surface area contributed by atoms with Gasteiger partial charge in [-0.15, -0.1) is 0 Å². The number of hydrogen-bond donors (Lipinski definition) is 1. The maximum absolute atomic E-state index is 13.1. The molecule has 0 amide bonds. The van der Waals surface area contributed by atoms with Gasteiger partial charge in [0.2, 0.25) is 0 Å². The summed E-state index contributed by atoms with van der Waals surface area (Å²) in [6.45, 7) is 0.700. The van der Waals surface area contributed by atoms with Crippen LogP contribution in [0.3, 0.4) is 0 Å². The molecule has 0 heterocycles. The van der Waals surface area contributed by atoms with E-state index in [1.54, 1.807) is 7.11 Å². The Bertz CT molecular complexity index is 1580. The highest BCUT2D eigenvalue weighted by atomic mass is 79.9. The average Bonchev–Trinajstić information content (AvgIpc) is 2.92. The molecule has 3 nitrogen and oxygen atoms in total. The van der Waals surface area contributed by atoms with Crippen molar-refractivity contribution in [3.63, 3.8) is 0 Å². The normalized spacial score (nSPS) is 14.1. The Labute approximate surface area is 237 Å². The zero-order chi connectivity index (χ0) is 26.9. The largest absolute Gasteiger partial charge is 0.496 e. The molecule has 0 bridgehead atoms. The predicted molar refractivity (Wildman–Crippen MR) is 163 cm³/mol. The van der Waals surface area contributed by atoms with E-state index >= 15 is 0 Å². The molecule has 0 unspecified atom stereocenters. The van der Waals surface area contributed by atoms with Crippen LogP contribution in [-0.2, 0) is 5.60 Å². The average molecular weight is 589 g/mol. The Morgan fingerprint density at radius 1 is 0.868 bits per heavy atom. The lowest BCUT2D eigenvalue weighted by atomic mass is 9.70. The lowest BCUT2D eigenvalue weighted by Gasteiger charge is -2.40. The highest BCUT2D eigenvalue weighted by Crippen LogP contribution is 2.49. The zero-order valence-corrected chi connectivity index (χ0v) is 24.1. The highest BCUT2D eigenvalue weighted by molar-refractivity contribution is 9.10. The molecule has 5 aromatic rings. The molecule has 0 spiro atoms. The second kappa shape index (κ2) is 11.1. The number of methoxy groups -OCH3 is 1. The molecule has 5 rings (SSSR count). The van der Waals surface area contributed by atoms with Crippen molar-refractivity contribution in [1.82, 2.24) is 4.90 Å². The fourth-order valence-electron chi connectivity index (χ4n) is 5.47. The van der Waals surface area contributed by atoms with Gasteiger partial charge in [-0.3, -0.25) is 0 Å². The summed E-state index contributed by atoms with van der Waals surface area (Å²) in [6.07, 6.45) is 0.515. The molecule has 194 valence electrons. The van der Waals surface area contributed by atoms with Crippen LogP contribution in [-0.4, -0.2) is 37.8 Å². The minimum Gasteiger partial charge on any atom is -0.496 e. The van der Waals surface area contributed by atoms with Gasteiger partial charge >= 0.3 is 0 Å². The lowest BCUT2D eigenvalue weighted by molar-refractivity contribution is 0.00534. The van der Waals surface area contributed by atoms with Gasteiger partial charge in [0.25, 0.3) is 0 Å². The second-order valence-corrected chi connectivity index (χ2v) is 11.4. The van der Waals surface area contributed by atoms with Crippen molar-refractivity contribution < 1.29 is 9.84 Å². The number of aliphatic hydroxyl groups is 1. The first kappa shape index (κ1) is 26.7. The molecule has 0 aromatic heterocycles. The molecule has 0 aliphatic rings. The maximum Gasteiger partial charge on any atom is 0.123 e. The van der Waals surface area contributed by atoms with Gasteiger partial charge < -0.3 is 14.7 Å². The molecule has 2 atom stereocenters. The molecular weight excluding hydrogens is 558 g/mol. The van der Waals surface area contributed by atoms with Crippen molar-refractivity contribution in [2.45, 2.75) is 17.9 Å². The summed E-state index contributed by atoms with van der Waals surface area (Å²) in [4.78, 5) is 2.11. The van der Waals surface area contributed by atoms with Crippen LogP contribution in [0.4, 0.5) is 0 Å². The van der Waals surface area contributed by atoms with E-state index < -0.39 is 11.5 Å². The molecule has 0 saturated carbocycles. The molecule has 5 aromatic carbocycles. The van der Waals surface area contributed by atoms with E-state index in [-0.39, 0.29) is 0 Å². The van der Waals surface area contributed by atoms with Crippen LogP contribution < -0.4 is 4.74 Å². The topological polar surface area (TPSA) is 32.7 Å². The predicted octanol–water partition coefficient (Wildman–Crippen LogP) is 8.39. The van der Waals surface area contributed by atoms with E-state index in [1.807, 2.05) is 62.6 Å². The number of rotatable bonds is 8. The van der Waals surface area contributed by atoms with Crippen molar-refractivity contribution >= 4 is 49.1 Å². The summed E-state index contributed by atoms with van der Waals surface area (Å²) in [5.41, 5.74) is 1.53. The number of nitrogens with zero attached hydrogens (tertiary/aromatic N) is 1. The summed E-state index contributed by atoms with van der Waals surface area (Å²) >= 11 is 9.96. The standard InChI is InChI=1S/C33H31BrClNO2/c1-36(2)18-17-33(37,30-10-6-8-22-7-4-5-9-28(22)30)32(23-12-15-27(35)16-13-23)29-20-25-19-26(34)14-11-24(25)21-31(29)38-3/h4-16,19-21,32,37H,17-18H2,1-3H3/t32-,33+/m1/s1. The Hall–Kier alpha value is -2.89. The molecule has 0 radical (unpaired) electrons. The van der Waals surface area contributed by atoms with Crippen LogP contribution in [0.5, 0.6) is 5.75 Å². The molecular formula is C33H31BrClNO2. The van der Waals surface area contributed by atoms with Crippen LogP contribution in [0.25, 0.3) is 21.5 Å². The first-order chi connectivity index (χ1) is 18.3. The number of hydrogen-bond acceptors (Lipinski definition) is 3. The molecule has 0 saturated heterocycles. The van der Waals surface area contributed by atoms with E-state index in [9.17, 15) is 5.11 Å². The van der Waals surface area contributed by atoms with Gasteiger partial charge in [0.05, 0.1) is 7.11 Å². The van der Waals surface area contributed by atoms with Crippen molar-refractivity contribution in [1.29, 1.82) is 0 Å². The van der Waals surface area contributed by atoms with Gasteiger partial charge in [0, 0.05) is 27.5 Å². The van der Waals surface area contributed by atoms with Crippen molar-refractivity contribution in [3.05, 3.63) is 123 Å². The molecule has 0 fully saturated rings. The summed E-state index contributed by atoms with van der Waals surface area (Å²) < 4.78 is 7.00. The molecule has 1 N–H and O–H groups in total. The Balaban J connectivity index is 1.85. The molecule has 5 heteroatoms. The number of benzene rings is 5. The van der Waals surface area contributed by atoms with Gasteiger partial charge in [-0.1, -0.05) is 88.2 Å². The van der Waals surface area contributed by atoms with Gasteiger partial charge in [0.1, 0.15) is 11.4 Å². The summed E-state index contributed by atoms with van der Waals surface area (Å²) in [5, 5.41) is 18.0. The monoisotopic (exact) mass is 587 g/mol. The van der Waals surface area contributed by atoms with E-state index in [4.69, 9.17) is 16.3 Å². The maximum atomic E-state index is 13.1. The molecule has 0 aliphatic carbocycles. The van der Waals surface area contributed by atoms with E-state index in [1.165, 1.54) is 0 Å². The number of halogens is 2. The first-order valence-corrected chi connectivity index (χ1v) is 13.9. The van der Waals surface area contributed by atoms with Crippen LogP contribution in [0.2, 0.25) is 5.02 Å². The summed E-state index contributed by atoms with van der Waals surface area (Å²) in [7, 11) is 5.77. The lowest BCUT2D eigenvalue weighted by Crippen LogP contribution is -2.38. The van der Waals surface area contributed by atoms with Gasteiger partial charge in [-0.2, -0.15) is 0 Å². The molecule has 38 heavy (non-hydrogen) atoms. The fourth-order valence-corrected chi connectivity index (χ4v) is 5.97. The van der Waals surface area contributed by atoms with Crippen molar-refractivity contribution in [3.8, 4) is 5.75 Å². The zero-order valence-electron chi connectivity index (χ0n) is 21.8.